The Kier molecular flexibility index (Phi) is 2.51. The Balaban J connectivity index is 1.84. The van der Waals surface area contributed by atoms with Crippen LogP contribution in [0.4, 0.5) is 5.69 Å². The quantitative estimate of drug-likeness (QED) is 0.798. The van der Waals surface area contributed by atoms with Crippen LogP contribution in [0.5, 0.6) is 0 Å². The second-order valence-electron chi connectivity index (χ2n) is 4.93. The van der Waals surface area contributed by atoms with E-state index < -0.39 is 0 Å². The van der Waals surface area contributed by atoms with Crippen molar-refractivity contribution in [3.05, 3.63) is 30.0 Å². The van der Waals surface area contributed by atoms with Crippen LogP contribution in [0.1, 0.15) is 19.0 Å². The van der Waals surface area contributed by atoms with E-state index in [-0.39, 0.29) is 18.1 Å². The lowest BCUT2D eigenvalue weighted by atomic mass is 10.1. The van der Waals surface area contributed by atoms with Crippen molar-refractivity contribution in [1.29, 1.82) is 0 Å². The third-order valence-corrected chi connectivity index (χ3v) is 3.27. The molecule has 1 aromatic heterocycles. The molecule has 1 aliphatic heterocycles. The molecular weight excluding hydrogens is 228 g/mol. The number of aromatic nitrogens is 1. The predicted octanol–water partition coefficient (Wildman–Crippen LogP) is 2.59. The maximum absolute atomic E-state index is 11.6. The van der Waals surface area contributed by atoms with Crippen LogP contribution < -0.4 is 5.32 Å². The molecule has 1 saturated heterocycles. The van der Waals surface area contributed by atoms with Gasteiger partial charge in [0.15, 0.2) is 0 Å². The van der Waals surface area contributed by atoms with Crippen LogP contribution in [0, 0.1) is 6.92 Å². The first-order valence-corrected chi connectivity index (χ1v) is 6.18. The van der Waals surface area contributed by atoms with Crippen molar-refractivity contribution in [3.63, 3.8) is 0 Å². The standard InChI is InChI=1S/C14H16N2O2/c1-8-5-10-7-11(3-4-12(10)15-8)16-13-6-9(2)18-14(13)17/h3-5,7,9,13,15-16H,6H2,1-2H3. The Morgan fingerprint density at radius 1 is 1.39 bits per heavy atom. The zero-order chi connectivity index (χ0) is 12.7. The zero-order valence-electron chi connectivity index (χ0n) is 10.5. The molecule has 0 saturated carbocycles. The van der Waals surface area contributed by atoms with Gasteiger partial charge in [-0.1, -0.05) is 0 Å². The number of anilines is 1. The van der Waals surface area contributed by atoms with Crippen molar-refractivity contribution in [1.82, 2.24) is 4.98 Å². The summed E-state index contributed by atoms with van der Waals surface area (Å²) in [4.78, 5) is 14.8. The molecule has 2 unspecified atom stereocenters. The van der Waals surface area contributed by atoms with Crippen LogP contribution in [0.15, 0.2) is 24.3 Å². The highest BCUT2D eigenvalue weighted by atomic mass is 16.6. The molecular formula is C14H16N2O2. The number of rotatable bonds is 2. The van der Waals surface area contributed by atoms with Gasteiger partial charge < -0.3 is 15.0 Å². The highest BCUT2D eigenvalue weighted by molar-refractivity contribution is 5.86. The number of cyclic esters (lactones) is 1. The van der Waals surface area contributed by atoms with Gasteiger partial charge in [0.1, 0.15) is 12.1 Å². The van der Waals surface area contributed by atoms with Crippen molar-refractivity contribution < 1.29 is 9.53 Å². The minimum Gasteiger partial charge on any atom is -0.461 e. The van der Waals surface area contributed by atoms with Crippen LogP contribution in [0.2, 0.25) is 0 Å². The predicted molar refractivity (Wildman–Crippen MR) is 70.6 cm³/mol. The number of aromatic amines is 1. The molecule has 0 radical (unpaired) electrons. The number of hydrogen-bond acceptors (Lipinski definition) is 3. The van der Waals surface area contributed by atoms with Crippen LogP contribution in [-0.4, -0.2) is 23.1 Å². The zero-order valence-corrected chi connectivity index (χ0v) is 10.5. The van der Waals surface area contributed by atoms with Gasteiger partial charge in [-0.2, -0.15) is 0 Å². The largest absolute Gasteiger partial charge is 0.461 e. The maximum Gasteiger partial charge on any atom is 0.328 e. The molecule has 0 bridgehead atoms. The number of esters is 1. The molecule has 1 aliphatic rings. The van der Waals surface area contributed by atoms with Crippen molar-refractivity contribution >= 4 is 22.6 Å². The molecule has 2 heterocycles. The number of nitrogens with one attached hydrogen (secondary N) is 2. The second-order valence-corrected chi connectivity index (χ2v) is 4.93. The Morgan fingerprint density at radius 2 is 2.22 bits per heavy atom. The van der Waals surface area contributed by atoms with Crippen LogP contribution in [-0.2, 0) is 9.53 Å². The Morgan fingerprint density at radius 3 is 2.94 bits per heavy atom. The molecule has 18 heavy (non-hydrogen) atoms. The minimum atomic E-state index is -0.225. The maximum atomic E-state index is 11.6. The van der Waals surface area contributed by atoms with Crippen LogP contribution >= 0.6 is 0 Å². The normalized spacial score (nSPS) is 23.3. The Bertz CT molecular complexity index is 603. The van der Waals surface area contributed by atoms with Crippen molar-refractivity contribution in [2.24, 2.45) is 0 Å². The molecule has 2 aromatic rings. The van der Waals surface area contributed by atoms with E-state index in [9.17, 15) is 4.79 Å². The summed E-state index contributed by atoms with van der Waals surface area (Å²) in [6, 6.07) is 7.92. The number of H-pyrrole nitrogens is 1. The molecule has 0 aliphatic carbocycles. The van der Waals surface area contributed by atoms with Gasteiger partial charge >= 0.3 is 5.97 Å². The van der Waals surface area contributed by atoms with Gasteiger partial charge in [-0.25, -0.2) is 4.79 Å². The molecule has 0 spiro atoms. The fourth-order valence-corrected chi connectivity index (χ4v) is 2.44. The number of benzene rings is 1. The number of carbonyl (C=O) groups excluding carboxylic acids is 1. The third kappa shape index (κ3) is 1.94. The molecule has 3 rings (SSSR count). The first-order valence-electron chi connectivity index (χ1n) is 6.18. The van der Waals surface area contributed by atoms with E-state index in [1.165, 1.54) is 0 Å². The topological polar surface area (TPSA) is 54.1 Å². The van der Waals surface area contributed by atoms with Crippen molar-refractivity contribution in [2.75, 3.05) is 5.32 Å². The average molecular weight is 244 g/mol. The van der Waals surface area contributed by atoms with Crippen LogP contribution in [0.3, 0.4) is 0 Å². The summed E-state index contributed by atoms with van der Waals surface area (Å²) in [7, 11) is 0. The van der Waals surface area contributed by atoms with E-state index in [1.807, 2.05) is 26.0 Å². The minimum absolute atomic E-state index is 0.00762. The summed E-state index contributed by atoms with van der Waals surface area (Å²) >= 11 is 0. The number of carbonyl (C=O) groups is 1. The molecule has 94 valence electrons. The number of fused-ring (bicyclic) bond motifs is 1. The van der Waals surface area contributed by atoms with Crippen LogP contribution in [0.25, 0.3) is 10.9 Å². The van der Waals surface area contributed by atoms with Gasteiger partial charge in [0.25, 0.3) is 0 Å². The number of aryl methyl sites for hydroxylation is 1. The average Bonchev–Trinajstić information content (AvgIpc) is 2.80. The summed E-state index contributed by atoms with van der Waals surface area (Å²) in [6.45, 7) is 3.95. The van der Waals surface area contributed by atoms with E-state index in [2.05, 4.69) is 22.4 Å². The van der Waals surface area contributed by atoms with Gasteiger partial charge in [0.05, 0.1) is 0 Å². The third-order valence-electron chi connectivity index (χ3n) is 3.27. The molecule has 1 aromatic carbocycles. The summed E-state index contributed by atoms with van der Waals surface area (Å²) in [6.07, 6.45) is 0.733. The fourth-order valence-electron chi connectivity index (χ4n) is 2.44. The van der Waals surface area contributed by atoms with E-state index in [1.54, 1.807) is 0 Å². The lowest BCUT2D eigenvalue weighted by molar-refractivity contribution is -0.141. The molecule has 2 atom stereocenters. The van der Waals surface area contributed by atoms with Gasteiger partial charge in [-0.05, 0) is 38.1 Å². The smallest absolute Gasteiger partial charge is 0.328 e. The lowest BCUT2D eigenvalue weighted by Crippen LogP contribution is -2.24. The monoisotopic (exact) mass is 244 g/mol. The van der Waals surface area contributed by atoms with E-state index >= 15 is 0 Å². The van der Waals surface area contributed by atoms with Crippen molar-refractivity contribution in [3.8, 4) is 0 Å². The summed E-state index contributed by atoms with van der Waals surface area (Å²) in [5, 5.41) is 4.38. The molecule has 4 heteroatoms. The SMILES string of the molecule is Cc1cc2cc(NC3CC(C)OC3=O)ccc2[nH]1. The summed E-state index contributed by atoms with van der Waals surface area (Å²) in [5.41, 5.74) is 3.20. The van der Waals surface area contributed by atoms with E-state index in [0.29, 0.717) is 0 Å². The fraction of sp³-hybridized carbons (Fsp3) is 0.357. The lowest BCUT2D eigenvalue weighted by Gasteiger charge is -2.10. The van der Waals surface area contributed by atoms with Gasteiger partial charge in [-0.15, -0.1) is 0 Å². The summed E-state index contributed by atoms with van der Waals surface area (Å²) in [5.74, 6) is -0.159. The highest BCUT2D eigenvalue weighted by Crippen LogP contribution is 2.23. The van der Waals surface area contributed by atoms with Gasteiger partial charge in [0, 0.05) is 28.7 Å². The number of ether oxygens (including phenoxy) is 1. The van der Waals surface area contributed by atoms with Gasteiger partial charge in [-0.3, -0.25) is 0 Å². The van der Waals surface area contributed by atoms with Gasteiger partial charge in [0.2, 0.25) is 0 Å². The first-order chi connectivity index (χ1) is 8.61. The number of hydrogen-bond donors (Lipinski definition) is 2. The first kappa shape index (κ1) is 11.1. The molecule has 1 fully saturated rings. The molecule has 4 nitrogen and oxygen atoms in total. The molecule has 2 N–H and O–H groups in total. The molecule has 0 amide bonds. The Labute approximate surface area is 105 Å². The van der Waals surface area contributed by atoms with Crippen molar-refractivity contribution in [2.45, 2.75) is 32.4 Å². The summed E-state index contributed by atoms with van der Waals surface area (Å²) < 4.78 is 5.13. The second kappa shape index (κ2) is 4.05. The van der Waals surface area contributed by atoms with E-state index in [4.69, 9.17) is 4.74 Å². The Hall–Kier alpha value is -1.97. The van der Waals surface area contributed by atoms with E-state index in [0.717, 1.165) is 28.7 Å². The highest BCUT2D eigenvalue weighted by Gasteiger charge is 2.31.